The first-order valence-electron chi connectivity index (χ1n) is 10.4. The quantitative estimate of drug-likeness (QED) is 0.274. The molecule has 2 aromatic rings. The van der Waals surface area contributed by atoms with Gasteiger partial charge in [-0.25, -0.2) is 4.98 Å². The Morgan fingerprint density at radius 3 is 2.66 bits per heavy atom. The van der Waals surface area contributed by atoms with E-state index in [0.717, 1.165) is 45.1 Å². The summed E-state index contributed by atoms with van der Waals surface area (Å²) in [5, 5.41) is 6.94. The lowest BCUT2D eigenvalue weighted by Crippen LogP contribution is -2.42. The Balaban J connectivity index is 0.00000420. The van der Waals surface area contributed by atoms with Crippen LogP contribution in [0.5, 0.6) is 0 Å². The van der Waals surface area contributed by atoms with E-state index in [1.54, 1.807) is 0 Å². The van der Waals surface area contributed by atoms with E-state index in [-0.39, 0.29) is 24.0 Å². The fourth-order valence-electron chi connectivity index (χ4n) is 3.28. The third kappa shape index (κ3) is 9.62. The van der Waals surface area contributed by atoms with E-state index in [1.165, 1.54) is 17.5 Å². The molecule has 162 valence electrons. The van der Waals surface area contributed by atoms with Gasteiger partial charge in [-0.2, -0.15) is 0 Å². The third-order valence-corrected chi connectivity index (χ3v) is 4.99. The molecule has 1 aromatic heterocycles. The van der Waals surface area contributed by atoms with Crippen LogP contribution in [0.3, 0.4) is 0 Å². The molecule has 0 spiro atoms. The van der Waals surface area contributed by atoms with Crippen molar-refractivity contribution >= 4 is 29.9 Å². The van der Waals surface area contributed by atoms with E-state index >= 15 is 0 Å². The second kappa shape index (κ2) is 14.4. The molecule has 0 aliphatic carbocycles. The Kier molecular flexibility index (Phi) is 12.6. The maximum absolute atomic E-state index is 4.37. The van der Waals surface area contributed by atoms with Crippen LogP contribution in [-0.2, 0) is 13.1 Å². The second-order valence-corrected chi connectivity index (χ2v) is 7.20. The molecule has 0 radical (unpaired) electrons. The van der Waals surface area contributed by atoms with Crippen molar-refractivity contribution in [2.75, 3.05) is 26.7 Å². The van der Waals surface area contributed by atoms with E-state index in [2.05, 4.69) is 75.1 Å². The number of hydrogen-bond acceptors (Lipinski definition) is 3. The van der Waals surface area contributed by atoms with Crippen molar-refractivity contribution in [3.05, 3.63) is 54.1 Å². The molecule has 29 heavy (non-hydrogen) atoms. The van der Waals surface area contributed by atoms with Crippen molar-refractivity contribution in [3.8, 4) is 0 Å². The lowest BCUT2D eigenvalue weighted by atomic mass is 10.1. The number of aromatic nitrogens is 2. The Labute approximate surface area is 193 Å². The van der Waals surface area contributed by atoms with Gasteiger partial charge < -0.3 is 20.1 Å². The molecule has 0 amide bonds. The minimum atomic E-state index is 0. The highest BCUT2D eigenvalue weighted by atomic mass is 127. The fraction of sp³-hybridized carbons (Fsp3) is 0.545. The predicted molar refractivity (Wildman–Crippen MR) is 133 cm³/mol. The van der Waals surface area contributed by atoms with E-state index in [1.807, 2.05) is 25.8 Å². The van der Waals surface area contributed by atoms with Gasteiger partial charge >= 0.3 is 0 Å². The zero-order valence-corrected chi connectivity index (χ0v) is 20.6. The van der Waals surface area contributed by atoms with Crippen molar-refractivity contribution in [3.63, 3.8) is 0 Å². The van der Waals surface area contributed by atoms with E-state index in [4.69, 9.17) is 0 Å². The smallest absolute Gasteiger partial charge is 0.191 e. The molecule has 0 aliphatic heterocycles. The van der Waals surface area contributed by atoms with Gasteiger partial charge in [0.2, 0.25) is 0 Å². The maximum atomic E-state index is 4.37. The summed E-state index contributed by atoms with van der Waals surface area (Å²) < 4.78 is 2.08. The van der Waals surface area contributed by atoms with Crippen LogP contribution in [0, 0.1) is 0 Å². The molecule has 2 N–H and O–H groups in total. The standard InChI is InChI=1S/C22H36N6.HI/c1-5-27(6-2)13-8-9-19(3)26-22(23-4)25-16-20-10-7-11-21(15-20)17-28-14-12-24-18-28;/h7,10-12,14-15,18-19H,5-6,8-9,13,16-17H2,1-4H3,(H2,23,25,26);1H. The molecule has 1 atom stereocenters. The van der Waals surface area contributed by atoms with Crippen LogP contribution in [-0.4, -0.2) is 53.1 Å². The molecule has 6 nitrogen and oxygen atoms in total. The van der Waals surface area contributed by atoms with E-state index in [9.17, 15) is 0 Å². The Hall–Kier alpha value is -1.61. The first-order chi connectivity index (χ1) is 13.6. The third-order valence-electron chi connectivity index (χ3n) is 4.99. The predicted octanol–water partition coefficient (Wildman–Crippen LogP) is 3.72. The molecular weight excluding hydrogens is 475 g/mol. The summed E-state index contributed by atoms with van der Waals surface area (Å²) in [5.74, 6) is 0.857. The average Bonchev–Trinajstić information content (AvgIpc) is 3.21. The number of imidazole rings is 1. The largest absolute Gasteiger partial charge is 0.354 e. The number of rotatable bonds is 11. The van der Waals surface area contributed by atoms with Gasteiger partial charge in [0.25, 0.3) is 0 Å². The number of benzene rings is 1. The van der Waals surface area contributed by atoms with Crippen molar-refractivity contribution in [2.45, 2.75) is 52.7 Å². The van der Waals surface area contributed by atoms with Crippen molar-refractivity contribution < 1.29 is 0 Å². The number of nitrogens with one attached hydrogen (secondary N) is 2. The number of nitrogens with zero attached hydrogens (tertiary/aromatic N) is 4. The lowest BCUT2D eigenvalue weighted by Gasteiger charge is -2.21. The Bertz CT molecular complexity index is 697. The van der Waals surface area contributed by atoms with Gasteiger partial charge in [0.1, 0.15) is 0 Å². The van der Waals surface area contributed by atoms with Gasteiger partial charge in [0, 0.05) is 38.6 Å². The first kappa shape index (κ1) is 25.4. The highest BCUT2D eigenvalue weighted by Crippen LogP contribution is 2.07. The molecule has 0 saturated carbocycles. The highest BCUT2D eigenvalue weighted by Gasteiger charge is 2.07. The molecule has 1 heterocycles. The number of halogens is 1. The van der Waals surface area contributed by atoms with Crippen LogP contribution in [0.1, 0.15) is 44.7 Å². The molecule has 0 saturated heterocycles. The van der Waals surface area contributed by atoms with E-state index < -0.39 is 0 Å². The minimum Gasteiger partial charge on any atom is -0.354 e. The molecule has 7 heteroatoms. The van der Waals surface area contributed by atoms with Crippen LogP contribution >= 0.6 is 24.0 Å². The van der Waals surface area contributed by atoms with Crippen molar-refractivity contribution in [2.24, 2.45) is 4.99 Å². The Morgan fingerprint density at radius 1 is 1.24 bits per heavy atom. The van der Waals surface area contributed by atoms with Gasteiger partial charge in [0.15, 0.2) is 5.96 Å². The summed E-state index contributed by atoms with van der Waals surface area (Å²) in [4.78, 5) is 10.9. The molecule has 0 bridgehead atoms. The lowest BCUT2D eigenvalue weighted by molar-refractivity contribution is 0.292. The number of hydrogen-bond donors (Lipinski definition) is 2. The summed E-state index contributed by atoms with van der Waals surface area (Å²) >= 11 is 0. The SMILES string of the molecule is CCN(CC)CCCC(C)NC(=NC)NCc1cccc(Cn2ccnc2)c1.I. The molecule has 0 fully saturated rings. The number of aliphatic imine (C=N–C) groups is 1. The van der Waals surface area contributed by atoms with Crippen molar-refractivity contribution in [1.82, 2.24) is 25.1 Å². The molecule has 2 rings (SSSR count). The normalized spacial score (nSPS) is 12.5. The molecular formula is C22H37IN6. The monoisotopic (exact) mass is 512 g/mol. The summed E-state index contributed by atoms with van der Waals surface area (Å²) in [6.07, 6.45) is 7.97. The van der Waals surface area contributed by atoms with Crippen LogP contribution in [0.4, 0.5) is 0 Å². The van der Waals surface area contributed by atoms with Crippen LogP contribution in [0.25, 0.3) is 0 Å². The zero-order chi connectivity index (χ0) is 20.2. The zero-order valence-electron chi connectivity index (χ0n) is 18.3. The van der Waals surface area contributed by atoms with Gasteiger partial charge in [-0.3, -0.25) is 4.99 Å². The van der Waals surface area contributed by atoms with Gasteiger partial charge in [-0.05, 0) is 50.5 Å². The first-order valence-corrected chi connectivity index (χ1v) is 10.4. The summed E-state index contributed by atoms with van der Waals surface area (Å²) in [6.45, 7) is 11.7. The van der Waals surface area contributed by atoms with Gasteiger partial charge in [0.05, 0.1) is 6.33 Å². The molecule has 0 aliphatic rings. The fourth-order valence-corrected chi connectivity index (χ4v) is 3.28. The minimum absolute atomic E-state index is 0. The molecule has 1 unspecified atom stereocenters. The van der Waals surface area contributed by atoms with Crippen LogP contribution < -0.4 is 10.6 Å². The summed E-state index contributed by atoms with van der Waals surface area (Å²) in [7, 11) is 1.83. The van der Waals surface area contributed by atoms with E-state index in [0.29, 0.717) is 6.04 Å². The summed E-state index contributed by atoms with van der Waals surface area (Å²) in [6, 6.07) is 9.03. The Morgan fingerprint density at radius 2 is 2.00 bits per heavy atom. The topological polar surface area (TPSA) is 57.5 Å². The number of guanidine groups is 1. The molecule has 1 aromatic carbocycles. The second-order valence-electron chi connectivity index (χ2n) is 7.20. The summed E-state index contributed by atoms with van der Waals surface area (Å²) in [5.41, 5.74) is 2.51. The van der Waals surface area contributed by atoms with Crippen molar-refractivity contribution in [1.29, 1.82) is 0 Å². The average molecular weight is 512 g/mol. The highest BCUT2D eigenvalue weighted by molar-refractivity contribution is 14.0. The van der Waals surface area contributed by atoms with Crippen LogP contribution in [0.15, 0.2) is 48.0 Å². The maximum Gasteiger partial charge on any atom is 0.191 e. The van der Waals surface area contributed by atoms with Crippen LogP contribution in [0.2, 0.25) is 0 Å². The van der Waals surface area contributed by atoms with Gasteiger partial charge in [-0.1, -0.05) is 38.1 Å². The van der Waals surface area contributed by atoms with Gasteiger partial charge in [-0.15, -0.1) is 24.0 Å².